The molecule has 4 rings (SSSR count). The van der Waals surface area contributed by atoms with Gasteiger partial charge in [-0.05, 0) is 18.6 Å². The van der Waals surface area contributed by atoms with Gasteiger partial charge in [0.05, 0.1) is 19.1 Å². The molecule has 162 valence electrons. The minimum absolute atomic E-state index is 0. The maximum atomic E-state index is 12.7. The van der Waals surface area contributed by atoms with Crippen LogP contribution in [-0.2, 0) is 4.74 Å². The number of aromatic nitrogens is 2. The van der Waals surface area contributed by atoms with Gasteiger partial charge in [-0.2, -0.15) is 4.99 Å². The van der Waals surface area contributed by atoms with Crippen LogP contribution in [0.2, 0.25) is 0 Å². The second-order valence-electron chi connectivity index (χ2n) is 7.03. The maximum Gasteiger partial charge on any atom is 0.345 e. The second-order valence-corrected chi connectivity index (χ2v) is 7.03. The van der Waals surface area contributed by atoms with Crippen molar-refractivity contribution in [2.45, 2.75) is 12.8 Å². The lowest BCUT2D eigenvalue weighted by Crippen LogP contribution is -2.44. The fraction of sp³-hybridized carbons (Fsp3) is 0.273. The molecule has 0 amide bonds. The summed E-state index contributed by atoms with van der Waals surface area (Å²) in [5, 5.41) is 8.11. The van der Waals surface area contributed by atoms with E-state index >= 15 is 0 Å². The van der Waals surface area contributed by atoms with Crippen LogP contribution in [0.3, 0.4) is 0 Å². The highest BCUT2D eigenvalue weighted by atomic mass is 35.5. The maximum absolute atomic E-state index is 12.7. The molecule has 8 nitrogen and oxygen atoms in total. The first kappa shape index (κ1) is 22.5. The van der Waals surface area contributed by atoms with Gasteiger partial charge in [0.15, 0.2) is 5.78 Å². The van der Waals surface area contributed by atoms with Gasteiger partial charge in [-0.25, -0.2) is 0 Å². The Morgan fingerprint density at radius 3 is 2.52 bits per heavy atom. The van der Waals surface area contributed by atoms with Crippen LogP contribution in [-0.4, -0.2) is 53.1 Å². The summed E-state index contributed by atoms with van der Waals surface area (Å²) in [7, 11) is 0. The highest BCUT2D eigenvalue weighted by Crippen LogP contribution is 2.26. The molecule has 2 aromatic carbocycles. The monoisotopic (exact) mass is 441 g/mol. The number of rotatable bonds is 5. The molecule has 9 heteroatoms. The van der Waals surface area contributed by atoms with E-state index in [1.807, 2.05) is 48.2 Å². The standard InChI is InChI=1S/C22H23N5O3.ClH/c1-15(17-8-5-9-18(14-17)19(28)16-6-3-2-4-7-16)20-25-26-22(30-20)24-21(23)27-10-12-29-13-11-27;/h2-9,14-15H,10-13H2,1H3,(H2,23,24,26);1H. The molecule has 1 atom stereocenters. The lowest BCUT2D eigenvalue weighted by atomic mass is 9.96. The lowest BCUT2D eigenvalue weighted by Gasteiger charge is -2.27. The lowest BCUT2D eigenvalue weighted by molar-refractivity contribution is 0.0675. The number of carbonyl (C=O) groups is 1. The molecule has 2 heterocycles. The van der Waals surface area contributed by atoms with Crippen molar-refractivity contribution in [2.24, 2.45) is 10.7 Å². The van der Waals surface area contributed by atoms with Crippen molar-refractivity contribution >= 4 is 30.2 Å². The van der Waals surface area contributed by atoms with Crippen LogP contribution in [0, 0.1) is 0 Å². The largest absolute Gasteiger partial charge is 0.406 e. The fourth-order valence-corrected chi connectivity index (χ4v) is 3.26. The van der Waals surface area contributed by atoms with Crippen LogP contribution in [0.1, 0.15) is 40.2 Å². The van der Waals surface area contributed by atoms with E-state index < -0.39 is 0 Å². The number of nitrogens with zero attached hydrogens (tertiary/aromatic N) is 4. The third-order valence-corrected chi connectivity index (χ3v) is 5.03. The fourth-order valence-electron chi connectivity index (χ4n) is 3.26. The van der Waals surface area contributed by atoms with E-state index in [1.54, 1.807) is 18.2 Å². The summed E-state index contributed by atoms with van der Waals surface area (Å²) in [6, 6.07) is 16.8. The van der Waals surface area contributed by atoms with E-state index in [2.05, 4.69) is 15.2 Å². The molecule has 0 saturated carbocycles. The van der Waals surface area contributed by atoms with Gasteiger partial charge in [-0.15, -0.1) is 17.5 Å². The zero-order chi connectivity index (χ0) is 20.9. The Morgan fingerprint density at radius 2 is 1.77 bits per heavy atom. The Kier molecular flexibility index (Phi) is 7.38. The third-order valence-electron chi connectivity index (χ3n) is 5.03. The Hall–Kier alpha value is -3.23. The summed E-state index contributed by atoms with van der Waals surface area (Å²) in [6.45, 7) is 4.52. The third kappa shape index (κ3) is 5.28. The Morgan fingerprint density at radius 1 is 1.06 bits per heavy atom. The molecular weight excluding hydrogens is 418 g/mol. The normalized spacial score (nSPS) is 15.3. The minimum atomic E-state index is -0.199. The minimum Gasteiger partial charge on any atom is -0.406 e. The van der Waals surface area contributed by atoms with Gasteiger partial charge < -0.3 is 19.8 Å². The Bertz CT molecular complexity index is 1050. The summed E-state index contributed by atoms with van der Waals surface area (Å²) < 4.78 is 11.0. The van der Waals surface area contributed by atoms with Crippen LogP contribution in [0.25, 0.3) is 0 Å². The number of ketones is 1. The number of halogens is 1. The molecule has 2 N–H and O–H groups in total. The molecular formula is C22H24ClN5O3. The van der Waals surface area contributed by atoms with E-state index in [0.717, 1.165) is 5.56 Å². The molecule has 1 aliphatic rings. The first-order chi connectivity index (χ1) is 14.6. The molecule has 1 fully saturated rings. The molecule has 0 aliphatic carbocycles. The highest BCUT2D eigenvalue weighted by molar-refractivity contribution is 6.09. The van der Waals surface area contributed by atoms with Crippen molar-refractivity contribution in [1.29, 1.82) is 0 Å². The number of carbonyl (C=O) groups excluding carboxylic acids is 1. The van der Waals surface area contributed by atoms with Gasteiger partial charge >= 0.3 is 6.01 Å². The van der Waals surface area contributed by atoms with Crippen molar-refractivity contribution < 1.29 is 13.9 Å². The summed E-state index contributed by atoms with van der Waals surface area (Å²) in [5.41, 5.74) is 8.20. The molecule has 1 aliphatic heterocycles. The van der Waals surface area contributed by atoms with Crippen LogP contribution < -0.4 is 5.73 Å². The number of guanidine groups is 1. The first-order valence-corrected chi connectivity index (χ1v) is 9.82. The van der Waals surface area contributed by atoms with E-state index in [4.69, 9.17) is 14.9 Å². The van der Waals surface area contributed by atoms with Crippen molar-refractivity contribution in [3.63, 3.8) is 0 Å². The number of hydrogen-bond acceptors (Lipinski definition) is 6. The van der Waals surface area contributed by atoms with Crippen LogP contribution in [0.4, 0.5) is 6.01 Å². The summed E-state index contributed by atoms with van der Waals surface area (Å²) in [6.07, 6.45) is 0. The van der Waals surface area contributed by atoms with Crippen molar-refractivity contribution in [3.8, 4) is 0 Å². The van der Waals surface area contributed by atoms with E-state index in [-0.39, 0.29) is 30.1 Å². The average Bonchev–Trinajstić information content (AvgIpc) is 3.27. The van der Waals surface area contributed by atoms with Crippen LogP contribution in [0.15, 0.2) is 64.0 Å². The van der Waals surface area contributed by atoms with Gasteiger partial charge in [0.1, 0.15) is 0 Å². The van der Waals surface area contributed by atoms with Gasteiger partial charge in [-0.3, -0.25) is 4.79 Å². The average molecular weight is 442 g/mol. The molecule has 0 radical (unpaired) electrons. The topological polar surface area (TPSA) is 107 Å². The molecule has 3 aromatic rings. The second kappa shape index (κ2) is 10.2. The number of aliphatic imine (C=N–C) groups is 1. The highest BCUT2D eigenvalue weighted by Gasteiger charge is 2.19. The molecule has 1 saturated heterocycles. The van der Waals surface area contributed by atoms with Crippen LogP contribution in [0.5, 0.6) is 0 Å². The van der Waals surface area contributed by atoms with Gasteiger partial charge in [0.2, 0.25) is 11.9 Å². The number of benzene rings is 2. The Labute approximate surface area is 186 Å². The van der Waals surface area contributed by atoms with Gasteiger partial charge in [0.25, 0.3) is 0 Å². The van der Waals surface area contributed by atoms with Gasteiger partial charge in [0, 0.05) is 24.2 Å². The van der Waals surface area contributed by atoms with Crippen molar-refractivity contribution in [1.82, 2.24) is 15.1 Å². The molecule has 31 heavy (non-hydrogen) atoms. The SMILES string of the molecule is CC(c1cccc(C(=O)c2ccccc2)c1)c1nnc(N=C(N)N2CCOCC2)o1.Cl. The summed E-state index contributed by atoms with van der Waals surface area (Å²) >= 11 is 0. The predicted octanol–water partition coefficient (Wildman–Crippen LogP) is 3.15. The van der Waals surface area contributed by atoms with Crippen molar-refractivity contribution in [3.05, 3.63) is 77.2 Å². The van der Waals surface area contributed by atoms with Crippen molar-refractivity contribution in [2.75, 3.05) is 26.3 Å². The quantitative estimate of drug-likeness (QED) is 0.368. The Balaban J connectivity index is 0.00000272. The number of ether oxygens (including phenoxy) is 1. The van der Waals surface area contributed by atoms with Gasteiger partial charge in [-0.1, -0.05) is 53.6 Å². The zero-order valence-corrected chi connectivity index (χ0v) is 17.9. The summed E-state index contributed by atoms with van der Waals surface area (Å²) in [4.78, 5) is 18.9. The number of nitrogens with two attached hydrogens (primary N) is 1. The number of hydrogen-bond donors (Lipinski definition) is 1. The number of morpholine rings is 1. The predicted molar refractivity (Wildman–Crippen MR) is 119 cm³/mol. The molecule has 1 unspecified atom stereocenters. The molecule has 0 spiro atoms. The molecule has 0 bridgehead atoms. The first-order valence-electron chi connectivity index (χ1n) is 9.82. The zero-order valence-electron chi connectivity index (χ0n) is 17.1. The summed E-state index contributed by atoms with van der Waals surface area (Å²) in [5.74, 6) is 0.512. The molecule has 1 aromatic heterocycles. The smallest absolute Gasteiger partial charge is 0.345 e. The van der Waals surface area contributed by atoms with E-state index in [0.29, 0.717) is 49.3 Å². The van der Waals surface area contributed by atoms with Crippen LogP contribution >= 0.6 is 12.4 Å². The van der Waals surface area contributed by atoms with E-state index in [1.165, 1.54) is 0 Å². The van der Waals surface area contributed by atoms with E-state index in [9.17, 15) is 4.79 Å².